The monoisotopic (exact) mass is 208 g/mol. The van der Waals surface area contributed by atoms with Crippen molar-refractivity contribution in [2.45, 2.75) is 0 Å². The molecular weight excluding hydrogens is 203 g/mol. The summed E-state index contributed by atoms with van der Waals surface area (Å²) in [6.45, 7) is 0. The lowest BCUT2D eigenvalue weighted by atomic mass is 10.1. The van der Waals surface area contributed by atoms with Crippen molar-refractivity contribution in [3.63, 3.8) is 0 Å². The second kappa shape index (κ2) is 3.63. The van der Waals surface area contributed by atoms with Gasteiger partial charge in [-0.05, 0) is 23.7 Å². The summed E-state index contributed by atoms with van der Waals surface area (Å²) in [4.78, 5) is 10.9. The Morgan fingerprint density at radius 1 is 1.36 bits per heavy atom. The highest BCUT2D eigenvalue weighted by atomic mass is 32.1. The maximum absolute atomic E-state index is 13.3. The van der Waals surface area contributed by atoms with Crippen molar-refractivity contribution in [1.82, 2.24) is 9.59 Å². The molecule has 2 rings (SSSR count). The number of carbonyl (C=O) groups excluding carboxylic acids is 1. The Bertz CT molecular complexity index is 469. The van der Waals surface area contributed by atoms with Crippen LogP contribution in [0.4, 0.5) is 4.39 Å². The Morgan fingerprint density at radius 2 is 2.14 bits per heavy atom. The van der Waals surface area contributed by atoms with Crippen LogP contribution in [-0.2, 0) is 0 Å². The molecule has 1 aromatic carbocycles. The summed E-state index contributed by atoms with van der Waals surface area (Å²) in [5, 5.41) is 3.72. The van der Waals surface area contributed by atoms with E-state index in [0.29, 0.717) is 22.4 Å². The van der Waals surface area contributed by atoms with Crippen molar-refractivity contribution < 1.29 is 9.18 Å². The van der Waals surface area contributed by atoms with Crippen LogP contribution in [0.25, 0.3) is 11.3 Å². The number of carbonyl (C=O) groups is 1. The summed E-state index contributed by atoms with van der Waals surface area (Å²) in [7, 11) is 0. The Hall–Kier alpha value is -1.62. The van der Waals surface area contributed by atoms with E-state index in [-0.39, 0.29) is 0 Å². The molecule has 5 heteroatoms. The molecule has 0 N–H and O–H groups in total. The van der Waals surface area contributed by atoms with Crippen LogP contribution in [-0.4, -0.2) is 15.9 Å². The van der Waals surface area contributed by atoms with Gasteiger partial charge in [0.1, 0.15) is 16.4 Å². The predicted octanol–water partition coefficient (Wildman–Crippen LogP) is 2.16. The van der Waals surface area contributed by atoms with Gasteiger partial charge in [-0.1, -0.05) is 16.6 Å². The third-order valence-corrected chi connectivity index (χ3v) is 2.40. The van der Waals surface area contributed by atoms with Gasteiger partial charge in [0, 0.05) is 5.56 Å². The van der Waals surface area contributed by atoms with Gasteiger partial charge in [0.2, 0.25) is 0 Å². The normalized spacial score (nSPS) is 10.1. The summed E-state index contributed by atoms with van der Waals surface area (Å²) < 4.78 is 16.9. The molecule has 70 valence electrons. The average Bonchev–Trinajstić information content (AvgIpc) is 2.66. The Labute approximate surface area is 83.4 Å². The third-order valence-electron chi connectivity index (χ3n) is 1.75. The van der Waals surface area contributed by atoms with Crippen LogP contribution in [0, 0.1) is 5.82 Å². The van der Waals surface area contributed by atoms with E-state index >= 15 is 0 Å². The number of hydrogen-bond donors (Lipinski definition) is 0. The van der Waals surface area contributed by atoms with Gasteiger partial charge in [-0.15, -0.1) is 5.10 Å². The molecule has 0 fully saturated rings. The van der Waals surface area contributed by atoms with Crippen LogP contribution in [0.1, 0.15) is 9.67 Å². The van der Waals surface area contributed by atoms with E-state index in [0.717, 1.165) is 11.5 Å². The lowest BCUT2D eigenvalue weighted by Gasteiger charge is -1.97. The number of aldehydes is 1. The quantitative estimate of drug-likeness (QED) is 0.710. The fraction of sp³-hybridized carbons (Fsp3) is 0. The van der Waals surface area contributed by atoms with Crippen LogP contribution < -0.4 is 0 Å². The number of benzene rings is 1. The van der Waals surface area contributed by atoms with Gasteiger partial charge in [-0.25, -0.2) is 4.39 Å². The van der Waals surface area contributed by atoms with Gasteiger partial charge in [0.25, 0.3) is 0 Å². The summed E-state index contributed by atoms with van der Waals surface area (Å²) in [6, 6.07) is 6.16. The molecule has 0 unspecified atom stereocenters. The van der Waals surface area contributed by atoms with E-state index in [9.17, 15) is 9.18 Å². The second-order valence-corrected chi connectivity index (χ2v) is 3.37. The molecule has 0 atom stereocenters. The zero-order valence-corrected chi connectivity index (χ0v) is 7.79. The molecule has 3 nitrogen and oxygen atoms in total. The van der Waals surface area contributed by atoms with Gasteiger partial charge in [-0.2, -0.15) is 0 Å². The van der Waals surface area contributed by atoms with Crippen molar-refractivity contribution in [1.29, 1.82) is 0 Å². The molecule has 0 radical (unpaired) electrons. The molecule has 0 bridgehead atoms. The molecule has 0 saturated carbocycles. The van der Waals surface area contributed by atoms with Crippen LogP contribution in [0.3, 0.4) is 0 Å². The Balaban J connectivity index is 2.60. The summed E-state index contributed by atoms with van der Waals surface area (Å²) in [5.41, 5.74) is 0.617. The van der Waals surface area contributed by atoms with E-state index in [1.807, 2.05) is 0 Å². The second-order valence-electron chi connectivity index (χ2n) is 2.58. The zero-order chi connectivity index (χ0) is 9.97. The lowest BCUT2D eigenvalue weighted by molar-refractivity contribution is 0.112. The van der Waals surface area contributed by atoms with Crippen molar-refractivity contribution in [3.05, 3.63) is 35.0 Å². The van der Waals surface area contributed by atoms with Crippen LogP contribution in [0.5, 0.6) is 0 Å². The molecular formula is C9H5FN2OS. The van der Waals surface area contributed by atoms with Crippen LogP contribution >= 0.6 is 11.5 Å². The zero-order valence-electron chi connectivity index (χ0n) is 6.98. The van der Waals surface area contributed by atoms with Crippen LogP contribution in [0.15, 0.2) is 24.3 Å². The first-order chi connectivity index (χ1) is 6.83. The molecule has 1 heterocycles. The fourth-order valence-corrected chi connectivity index (χ4v) is 1.61. The van der Waals surface area contributed by atoms with Crippen molar-refractivity contribution in [2.24, 2.45) is 0 Å². The highest BCUT2D eigenvalue weighted by Crippen LogP contribution is 2.24. The van der Waals surface area contributed by atoms with Crippen molar-refractivity contribution in [2.75, 3.05) is 0 Å². The highest BCUT2D eigenvalue weighted by molar-refractivity contribution is 7.07. The molecule has 0 amide bonds. The maximum atomic E-state index is 13.3. The fourth-order valence-electron chi connectivity index (χ4n) is 1.11. The number of rotatable bonds is 2. The molecule has 0 aliphatic rings. The van der Waals surface area contributed by atoms with E-state index in [2.05, 4.69) is 9.59 Å². The van der Waals surface area contributed by atoms with E-state index in [1.54, 1.807) is 18.2 Å². The smallest absolute Gasteiger partial charge is 0.163 e. The summed E-state index contributed by atoms with van der Waals surface area (Å²) in [6.07, 6.45) is 0.631. The molecule has 0 spiro atoms. The lowest BCUT2D eigenvalue weighted by Crippen LogP contribution is -1.87. The van der Waals surface area contributed by atoms with Gasteiger partial charge in [0.15, 0.2) is 6.29 Å². The molecule has 0 aliphatic heterocycles. The van der Waals surface area contributed by atoms with Crippen molar-refractivity contribution >= 4 is 17.8 Å². The van der Waals surface area contributed by atoms with E-state index in [1.165, 1.54) is 6.07 Å². The minimum Gasteiger partial charge on any atom is -0.297 e. The molecule has 1 aromatic heterocycles. The van der Waals surface area contributed by atoms with Crippen molar-refractivity contribution in [3.8, 4) is 11.3 Å². The van der Waals surface area contributed by atoms with Crippen LogP contribution in [0.2, 0.25) is 0 Å². The van der Waals surface area contributed by atoms with E-state index in [4.69, 9.17) is 0 Å². The first-order valence-corrected chi connectivity index (χ1v) is 4.62. The Morgan fingerprint density at radius 3 is 2.86 bits per heavy atom. The largest absolute Gasteiger partial charge is 0.297 e. The summed E-state index contributed by atoms with van der Waals surface area (Å²) in [5.74, 6) is -0.400. The number of halogens is 1. The summed E-state index contributed by atoms with van der Waals surface area (Å²) >= 11 is 0.957. The molecule has 2 aromatic rings. The third kappa shape index (κ3) is 1.42. The first kappa shape index (κ1) is 8.96. The maximum Gasteiger partial charge on any atom is 0.163 e. The minimum atomic E-state index is -0.400. The topological polar surface area (TPSA) is 42.9 Å². The van der Waals surface area contributed by atoms with Gasteiger partial charge in [-0.3, -0.25) is 4.79 Å². The highest BCUT2D eigenvalue weighted by Gasteiger charge is 2.12. The van der Waals surface area contributed by atoms with E-state index < -0.39 is 5.82 Å². The SMILES string of the molecule is O=Cc1snnc1-c1ccccc1F. The number of nitrogens with zero attached hydrogens (tertiary/aromatic N) is 2. The molecule has 14 heavy (non-hydrogen) atoms. The van der Waals surface area contributed by atoms with Gasteiger partial charge < -0.3 is 0 Å². The standard InChI is InChI=1S/C9H5FN2OS/c10-7-4-2-1-3-6(7)9-8(5-13)14-12-11-9/h1-5H. The Kier molecular flexibility index (Phi) is 2.32. The number of hydrogen-bond acceptors (Lipinski definition) is 4. The predicted molar refractivity (Wildman–Crippen MR) is 50.7 cm³/mol. The molecule has 0 saturated heterocycles. The average molecular weight is 208 g/mol. The first-order valence-electron chi connectivity index (χ1n) is 3.85. The number of aromatic nitrogens is 2. The molecule has 0 aliphatic carbocycles. The van der Waals surface area contributed by atoms with Gasteiger partial charge >= 0.3 is 0 Å². The minimum absolute atomic E-state index is 0.308. The van der Waals surface area contributed by atoms with Gasteiger partial charge in [0.05, 0.1) is 0 Å².